The lowest BCUT2D eigenvalue weighted by Crippen LogP contribution is -2.18. The molecule has 4 atom stereocenters. The lowest BCUT2D eigenvalue weighted by atomic mass is 9.92. The summed E-state index contributed by atoms with van der Waals surface area (Å²) < 4.78 is 1.81. The fraction of sp³-hybridized carbons (Fsp3) is 0.467. The van der Waals surface area contributed by atoms with Gasteiger partial charge in [0.2, 0.25) is 0 Å². The number of aromatic nitrogens is 3. The minimum atomic E-state index is 0.0566. The Hall–Kier alpha value is -1.68. The van der Waals surface area contributed by atoms with Crippen LogP contribution in [0.25, 0.3) is 0 Å². The predicted octanol–water partition coefficient (Wildman–Crippen LogP) is 1.79. The maximum absolute atomic E-state index is 6.46. The predicted molar refractivity (Wildman–Crippen MR) is 72.4 cm³/mol. The SMILES string of the molecule is Cn1nncc1C(N)C1C2CCc3ccccc3C21. The van der Waals surface area contributed by atoms with Gasteiger partial charge >= 0.3 is 0 Å². The van der Waals surface area contributed by atoms with Crippen molar-refractivity contribution in [2.45, 2.75) is 24.8 Å². The number of aryl methyl sites for hydroxylation is 2. The molecule has 4 rings (SSSR count). The molecule has 1 saturated carbocycles. The maximum atomic E-state index is 6.46. The molecular formula is C15H18N4. The molecule has 0 saturated heterocycles. The summed E-state index contributed by atoms with van der Waals surface area (Å²) >= 11 is 0. The first kappa shape index (κ1) is 11.2. The van der Waals surface area contributed by atoms with Crippen molar-refractivity contribution in [2.24, 2.45) is 24.6 Å². The Balaban J connectivity index is 1.66. The highest BCUT2D eigenvalue weighted by molar-refractivity contribution is 5.40. The van der Waals surface area contributed by atoms with Crippen LogP contribution in [0, 0.1) is 11.8 Å². The largest absolute Gasteiger partial charge is 0.322 e. The van der Waals surface area contributed by atoms with Crippen molar-refractivity contribution in [3.8, 4) is 0 Å². The van der Waals surface area contributed by atoms with E-state index >= 15 is 0 Å². The molecule has 1 aromatic carbocycles. The Morgan fingerprint density at radius 1 is 1.37 bits per heavy atom. The van der Waals surface area contributed by atoms with Gasteiger partial charge in [0.25, 0.3) is 0 Å². The number of nitrogens with zero attached hydrogens (tertiary/aromatic N) is 3. The van der Waals surface area contributed by atoms with E-state index in [2.05, 4.69) is 34.6 Å². The minimum absolute atomic E-state index is 0.0566. The van der Waals surface area contributed by atoms with Gasteiger partial charge in [-0.2, -0.15) is 0 Å². The summed E-state index contributed by atoms with van der Waals surface area (Å²) in [6.45, 7) is 0. The summed E-state index contributed by atoms with van der Waals surface area (Å²) in [6.07, 6.45) is 4.27. The van der Waals surface area contributed by atoms with Crippen LogP contribution in [0.3, 0.4) is 0 Å². The van der Waals surface area contributed by atoms with Crippen molar-refractivity contribution >= 4 is 0 Å². The van der Waals surface area contributed by atoms with E-state index in [1.54, 1.807) is 10.9 Å². The lowest BCUT2D eigenvalue weighted by molar-refractivity contribution is 0.517. The molecule has 19 heavy (non-hydrogen) atoms. The molecule has 4 unspecified atom stereocenters. The Bertz CT molecular complexity index is 618. The first-order valence-electron chi connectivity index (χ1n) is 6.95. The lowest BCUT2D eigenvalue weighted by Gasteiger charge is -2.13. The zero-order valence-electron chi connectivity index (χ0n) is 11.0. The van der Waals surface area contributed by atoms with E-state index in [1.807, 2.05) is 7.05 Å². The highest BCUT2D eigenvalue weighted by Gasteiger charge is 2.56. The van der Waals surface area contributed by atoms with Gasteiger partial charge in [0, 0.05) is 7.05 Å². The van der Waals surface area contributed by atoms with Crippen LogP contribution in [0.15, 0.2) is 30.5 Å². The number of fused-ring (bicyclic) bond motifs is 3. The van der Waals surface area contributed by atoms with E-state index in [-0.39, 0.29) is 6.04 Å². The number of hydrogen-bond acceptors (Lipinski definition) is 3. The summed E-state index contributed by atoms with van der Waals surface area (Å²) in [7, 11) is 1.92. The van der Waals surface area contributed by atoms with Gasteiger partial charge in [0.1, 0.15) is 0 Å². The molecule has 2 aliphatic rings. The van der Waals surface area contributed by atoms with Gasteiger partial charge < -0.3 is 5.73 Å². The summed E-state index contributed by atoms with van der Waals surface area (Å²) in [6, 6.07) is 8.88. The van der Waals surface area contributed by atoms with Crippen LogP contribution in [0.1, 0.15) is 35.2 Å². The van der Waals surface area contributed by atoms with E-state index in [9.17, 15) is 0 Å². The van der Waals surface area contributed by atoms with Gasteiger partial charge in [-0.05, 0) is 41.7 Å². The van der Waals surface area contributed by atoms with Crippen LogP contribution in [-0.4, -0.2) is 15.0 Å². The maximum Gasteiger partial charge on any atom is 0.0754 e. The molecule has 1 heterocycles. The second-order valence-corrected chi connectivity index (χ2v) is 5.81. The van der Waals surface area contributed by atoms with Crippen molar-refractivity contribution < 1.29 is 0 Å². The second kappa shape index (κ2) is 3.90. The van der Waals surface area contributed by atoms with Crippen LogP contribution in [0.5, 0.6) is 0 Å². The van der Waals surface area contributed by atoms with Crippen molar-refractivity contribution in [2.75, 3.05) is 0 Å². The van der Waals surface area contributed by atoms with Crippen molar-refractivity contribution in [1.82, 2.24) is 15.0 Å². The molecule has 4 heteroatoms. The van der Waals surface area contributed by atoms with Crippen LogP contribution < -0.4 is 5.73 Å². The van der Waals surface area contributed by atoms with Crippen molar-refractivity contribution in [1.29, 1.82) is 0 Å². The molecule has 0 aliphatic heterocycles. The monoisotopic (exact) mass is 254 g/mol. The Morgan fingerprint density at radius 2 is 2.21 bits per heavy atom. The molecule has 2 aliphatic carbocycles. The number of hydrogen-bond donors (Lipinski definition) is 1. The molecule has 0 radical (unpaired) electrons. The zero-order valence-corrected chi connectivity index (χ0v) is 11.0. The molecule has 2 aromatic rings. The molecule has 0 spiro atoms. The molecule has 1 aromatic heterocycles. The molecular weight excluding hydrogens is 236 g/mol. The Morgan fingerprint density at radius 3 is 3.00 bits per heavy atom. The van der Waals surface area contributed by atoms with E-state index in [0.717, 1.165) is 11.6 Å². The Labute approximate surface area is 112 Å². The standard InChI is InChI=1S/C15H18N4/c1-19-12(8-17-18-19)15(16)14-11-7-6-9-4-2-3-5-10(9)13(11)14/h2-5,8,11,13-15H,6-7,16H2,1H3. The first-order chi connectivity index (χ1) is 9.27. The van der Waals surface area contributed by atoms with Crippen LogP contribution in [0.2, 0.25) is 0 Å². The van der Waals surface area contributed by atoms with Gasteiger partial charge in [-0.3, -0.25) is 4.68 Å². The highest BCUT2D eigenvalue weighted by Crippen LogP contribution is 2.63. The van der Waals surface area contributed by atoms with E-state index in [0.29, 0.717) is 11.8 Å². The smallest absolute Gasteiger partial charge is 0.0754 e. The van der Waals surface area contributed by atoms with Crippen LogP contribution in [0.4, 0.5) is 0 Å². The van der Waals surface area contributed by atoms with Gasteiger partial charge in [0.15, 0.2) is 0 Å². The van der Waals surface area contributed by atoms with Crippen molar-refractivity contribution in [3.63, 3.8) is 0 Å². The average Bonchev–Trinajstić information content (AvgIpc) is 3.04. The number of benzene rings is 1. The second-order valence-electron chi connectivity index (χ2n) is 5.81. The zero-order chi connectivity index (χ0) is 13.0. The topological polar surface area (TPSA) is 56.7 Å². The van der Waals surface area contributed by atoms with E-state index in [4.69, 9.17) is 5.73 Å². The average molecular weight is 254 g/mol. The number of rotatable bonds is 2. The Kier molecular flexibility index (Phi) is 2.30. The summed E-state index contributed by atoms with van der Waals surface area (Å²) in [4.78, 5) is 0. The van der Waals surface area contributed by atoms with Crippen molar-refractivity contribution in [3.05, 3.63) is 47.3 Å². The summed E-state index contributed by atoms with van der Waals surface area (Å²) in [5.41, 5.74) is 10.6. The van der Waals surface area contributed by atoms with Crippen LogP contribution in [-0.2, 0) is 13.5 Å². The van der Waals surface area contributed by atoms with Gasteiger partial charge in [-0.15, -0.1) is 5.10 Å². The third kappa shape index (κ3) is 1.56. The normalized spacial score (nSPS) is 29.5. The molecule has 1 fully saturated rings. The van der Waals surface area contributed by atoms with Crippen LogP contribution >= 0.6 is 0 Å². The first-order valence-corrected chi connectivity index (χ1v) is 6.95. The fourth-order valence-electron chi connectivity index (χ4n) is 3.91. The fourth-order valence-corrected chi connectivity index (χ4v) is 3.91. The minimum Gasteiger partial charge on any atom is -0.322 e. The molecule has 2 N–H and O–H groups in total. The molecule has 0 bridgehead atoms. The molecule has 98 valence electrons. The van der Waals surface area contributed by atoms with Gasteiger partial charge in [0.05, 0.1) is 17.9 Å². The summed E-state index contributed by atoms with van der Waals surface area (Å²) in [5, 5.41) is 7.94. The molecule has 4 nitrogen and oxygen atoms in total. The molecule has 0 amide bonds. The number of nitrogens with two attached hydrogens (primary N) is 1. The third-order valence-corrected chi connectivity index (χ3v) is 4.90. The highest BCUT2D eigenvalue weighted by atomic mass is 15.4. The van der Waals surface area contributed by atoms with Gasteiger partial charge in [-0.1, -0.05) is 29.5 Å². The van der Waals surface area contributed by atoms with E-state index in [1.165, 1.54) is 24.0 Å². The summed E-state index contributed by atoms with van der Waals surface area (Å²) in [5.74, 6) is 1.95. The third-order valence-electron chi connectivity index (χ3n) is 4.90. The van der Waals surface area contributed by atoms with Gasteiger partial charge in [-0.25, -0.2) is 0 Å². The quantitative estimate of drug-likeness (QED) is 0.889. The van der Waals surface area contributed by atoms with E-state index < -0.39 is 0 Å².